The molecule has 3 heteroatoms. The Morgan fingerprint density at radius 3 is 2.20 bits per heavy atom. The third-order valence-corrected chi connectivity index (χ3v) is 2.99. The van der Waals surface area contributed by atoms with Crippen LogP contribution in [-0.2, 0) is 0 Å². The number of nitrogens with two attached hydrogens (primary N) is 1. The van der Waals surface area contributed by atoms with Crippen LogP contribution >= 0.6 is 22.6 Å². The fourth-order valence-corrected chi connectivity index (χ4v) is 1.62. The Morgan fingerprint density at radius 2 is 1.80 bits per heavy atom. The third-order valence-electron chi connectivity index (χ3n) is 2.27. The van der Waals surface area contributed by atoms with E-state index in [0.29, 0.717) is 6.54 Å². The highest BCUT2D eigenvalue weighted by Crippen LogP contribution is 2.24. The zero-order valence-corrected chi connectivity index (χ0v) is 11.6. The summed E-state index contributed by atoms with van der Waals surface area (Å²) in [4.78, 5) is 0. The molecule has 15 heavy (non-hydrogen) atoms. The van der Waals surface area contributed by atoms with Gasteiger partial charge in [0.05, 0.1) is 0 Å². The van der Waals surface area contributed by atoms with Crippen molar-refractivity contribution in [3.63, 3.8) is 0 Å². The molecular weight excluding hydrogens is 301 g/mol. The molecule has 0 aliphatic heterocycles. The predicted molar refractivity (Wildman–Crippen MR) is 72.1 cm³/mol. The largest absolute Gasteiger partial charge is 0.489 e. The second kappa shape index (κ2) is 5.16. The van der Waals surface area contributed by atoms with Crippen molar-refractivity contribution in [3.05, 3.63) is 27.8 Å². The fourth-order valence-electron chi connectivity index (χ4n) is 1.26. The molecule has 1 unspecified atom stereocenters. The molecular formula is C12H18INO. The van der Waals surface area contributed by atoms with E-state index in [0.717, 1.165) is 5.75 Å². The van der Waals surface area contributed by atoms with Crippen LogP contribution in [0.5, 0.6) is 5.75 Å². The quantitative estimate of drug-likeness (QED) is 0.869. The van der Waals surface area contributed by atoms with Gasteiger partial charge < -0.3 is 10.5 Å². The average molecular weight is 319 g/mol. The smallest absolute Gasteiger partial charge is 0.119 e. The van der Waals surface area contributed by atoms with Gasteiger partial charge in [-0.3, -0.25) is 0 Å². The number of benzene rings is 1. The normalized spacial score (nSPS) is 13.7. The molecule has 1 aromatic carbocycles. The van der Waals surface area contributed by atoms with Gasteiger partial charge in [-0.2, -0.15) is 0 Å². The van der Waals surface area contributed by atoms with Crippen molar-refractivity contribution in [2.75, 3.05) is 6.54 Å². The van der Waals surface area contributed by atoms with Crippen LogP contribution in [0.25, 0.3) is 0 Å². The summed E-state index contributed by atoms with van der Waals surface area (Å²) in [5.74, 6) is 0.890. The average Bonchev–Trinajstić information content (AvgIpc) is 2.15. The highest BCUT2D eigenvalue weighted by atomic mass is 127. The monoisotopic (exact) mass is 319 g/mol. The molecule has 0 aliphatic rings. The minimum absolute atomic E-state index is 0.0533. The Labute approximate surface area is 105 Å². The van der Waals surface area contributed by atoms with E-state index in [-0.39, 0.29) is 11.5 Å². The lowest BCUT2D eigenvalue weighted by molar-refractivity contribution is 0.0942. The summed E-state index contributed by atoms with van der Waals surface area (Å²) in [6, 6.07) is 8.03. The van der Waals surface area contributed by atoms with Gasteiger partial charge in [-0.25, -0.2) is 0 Å². The molecule has 0 radical (unpaired) electrons. The van der Waals surface area contributed by atoms with Crippen LogP contribution < -0.4 is 10.5 Å². The molecule has 2 nitrogen and oxygen atoms in total. The Bertz CT molecular complexity index is 302. The standard InChI is InChI=1S/C12H18INO/c1-12(2,3)11(8-14)15-10-6-4-9(13)5-7-10/h4-7,11H,8,14H2,1-3H3. The Kier molecular flexibility index (Phi) is 4.40. The Balaban J connectivity index is 2.71. The summed E-state index contributed by atoms with van der Waals surface area (Å²) in [6.07, 6.45) is 0.0533. The molecule has 84 valence electrons. The first-order valence-electron chi connectivity index (χ1n) is 5.06. The van der Waals surface area contributed by atoms with Gasteiger partial charge in [0.15, 0.2) is 0 Å². The fraction of sp³-hybridized carbons (Fsp3) is 0.500. The predicted octanol–water partition coefficient (Wildman–Crippen LogP) is 3.04. The first-order chi connectivity index (χ1) is 6.93. The van der Waals surface area contributed by atoms with Gasteiger partial charge in [0.2, 0.25) is 0 Å². The molecule has 0 aliphatic carbocycles. The van der Waals surface area contributed by atoms with E-state index in [2.05, 4.69) is 43.4 Å². The molecule has 0 spiro atoms. The summed E-state index contributed by atoms with van der Waals surface area (Å²) < 4.78 is 7.06. The van der Waals surface area contributed by atoms with Gasteiger partial charge in [-0.15, -0.1) is 0 Å². The second-order valence-corrected chi connectivity index (χ2v) is 5.91. The Hall–Kier alpha value is -0.290. The van der Waals surface area contributed by atoms with Crippen LogP contribution in [0, 0.1) is 8.99 Å². The zero-order valence-electron chi connectivity index (χ0n) is 9.46. The van der Waals surface area contributed by atoms with E-state index in [1.165, 1.54) is 3.57 Å². The minimum atomic E-state index is 0.0533. The number of halogens is 1. The van der Waals surface area contributed by atoms with Crippen molar-refractivity contribution in [2.24, 2.45) is 11.1 Å². The van der Waals surface area contributed by atoms with E-state index in [9.17, 15) is 0 Å². The van der Waals surface area contributed by atoms with E-state index in [1.807, 2.05) is 24.3 Å². The summed E-state index contributed by atoms with van der Waals surface area (Å²) in [6.45, 7) is 6.95. The number of ether oxygens (including phenoxy) is 1. The molecule has 0 bridgehead atoms. The number of rotatable bonds is 3. The molecule has 1 rings (SSSR count). The van der Waals surface area contributed by atoms with Crippen LogP contribution in [0.3, 0.4) is 0 Å². The van der Waals surface area contributed by atoms with Crippen molar-refractivity contribution >= 4 is 22.6 Å². The molecule has 0 saturated heterocycles. The molecule has 0 heterocycles. The first kappa shape index (κ1) is 12.8. The topological polar surface area (TPSA) is 35.2 Å². The van der Waals surface area contributed by atoms with Crippen LogP contribution in [0.2, 0.25) is 0 Å². The summed E-state index contributed by atoms with van der Waals surface area (Å²) in [5.41, 5.74) is 5.78. The second-order valence-electron chi connectivity index (χ2n) is 4.66. The van der Waals surface area contributed by atoms with Crippen LogP contribution in [-0.4, -0.2) is 12.6 Å². The lowest BCUT2D eigenvalue weighted by Gasteiger charge is -2.30. The van der Waals surface area contributed by atoms with Crippen LogP contribution in [0.1, 0.15) is 20.8 Å². The summed E-state index contributed by atoms with van der Waals surface area (Å²) in [7, 11) is 0. The molecule has 0 aromatic heterocycles. The Morgan fingerprint density at radius 1 is 1.27 bits per heavy atom. The van der Waals surface area contributed by atoms with Crippen molar-refractivity contribution in [1.82, 2.24) is 0 Å². The maximum atomic E-state index is 5.85. The lowest BCUT2D eigenvalue weighted by atomic mass is 9.89. The maximum Gasteiger partial charge on any atom is 0.119 e. The zero-order chi connectivity index (χ0) is 11.5. The van der Waals surface area contributed by atoms with E-state index < -0.39 is 0 Å². The SMILES string of the molecule is CC(C)(C)C(CN)Oc1ccc(I)cc1. The van der Waals surface area contributed by atoms with Gasteiger partial charge in [0.1, 0.15) is 11.9 Å². The number of hydrogen-bond donors (Lipinski definition) is 1. The van der Waals surface area contributed by atoms with Gasteiger partial charge in [0.25, 0.3) is 0 Å². The van der Waals surface area contributed by atoms with Crippen molar-refractivity contribution in [3.8, 4) is 5.75 Å². The molecule has 1 atom stereocenters. The van der Waals surface area contributed by atoms with Crippen molar-refractivity contribution < 1.29 is 4.74 Å². The van der Waals surface area contributed by atoms with E-state index in [1.54, 1.807) is 0 Å². The van der Waals surface area contributed by atoms with Gasteiger partial charge in [-0.1, -0.05) is 20.8 Å². The molecule has 2 N–H and O–H groups in total. The first-order valence-corrected chi connectivity index (χ1v) is 6.13. The van der Waals surface area contributed by atoms with Crippen molar-refractivity contribution in [2.45, 2.75) is 26.9 Å². The molecule has 0 saturated carbocycles. The van der Waals surface area contributed by atoms with Crippen LogP contribution in [0.15, 0.2) is 24.3 Å². The molecule has 0 fully saturated rings. The molecule has 1 aromatic rings. The van der Waals surface area contributed by atoms with Gasteiger partial charge in [0, 0.05) is 15.5 Å². The summed E-state index contributed by atoms with van der Waals surface area (Å²) in [5, 5.41) is 0. The minimum Gasteiger partial charge on any atom is -0.489 e. The van der Waals surface area contributed by atoms with E-state index in [4.69, 9.17) is 10.5 Å². The van der Waals surface area contributed by atoms with Gasteiger partial charge in [-0.05, 0) is 46.9 Å². The third kappa shape index (κ3) is 3.99. The van der Waals surface area contributed by atoms with Crippen molar-refractivity contribution in [1.29, 1.82) is 0 Å². The van der Waals surface area contributed by atoms with Gasteiger partial charge >= 0.3 is 0 Å². The summed E-state index contributed by atoms with van der Waals surface area (Å²) >= 11 is 2.28. The molecule has 0 amide bonds. The number of hydrogen-bond acceptors (Lipinski definition) is 2. The highest BCUT2D eigenvalue weighted by Gasteiger charge is 2.24. The van der Waals surface area contributed by atoms with E-state index >= 15 is 0 Å². The van der Waals surface area contributed by atoms with Crippen LogP contribution in [0.4, 0.5) is 0 Å². The lowest BCUT2D eigenvalue weighted by Crippen LogP contribution is -2.38. The maximum absolute atomic E-state index is 5.85. The highest BCUT2D eigenvalue weighted by molar-refractivity contribution is 14.1.